The average Bonchev–Trinajstić information content (AvgIpc) is 2.62. The number of thiophene rings is 1. The molecule has 0 aliphatic rings. The zero-order valence-electron chi connectivity index (χ0n) is 8.03. The molecule has 4 heteroatoms. The van der Waals surface area contributed by atoms with Gasteiger partial charge in [0.15, 0.2) is 0 Å². The Morgan fingerprint density at radius 2 is 2.13 bits per heavy atom. The molecule has 0 saturated heterocycles. The van der Waals surface area contributed by atoms with Gasteiger partial charge in [0.2, 0.25) is 0 Å². The summed E-state index contributed by atoms with van der Waals surface area (Å²) in [5.41, 5.74) is 7.70. The molecule has 1 aromatic carbocycles. The van der Waals surface area contributed by atoms with E-state index in [0.29, 0.717) is 0 Å². The summed E-state index contributed by atoms with van der Waals surface area (Å²) >= 11 is 5.11. The van der Waals surface area contributed by atoms with E-state index in [2.05, 4.69) is 33.4 Å². The van der Waals surface area contributed by atoms with Gasteiger partial charge in [-0.25, -0.2) is 0 Å². The van der Waals surface area contributed by atoms with E-state index in [9.17, 15) is 0 Å². The summed E-state index contributed by atoms with van der Waals surface area (Å²) in [5.74, 6) is 0. The Kier molecular flexibility index (Phi) is 3.28. The molecule has 15 heavy (non-hydrogen) atoms. The minimum atomic E-state index is 0.804. The van der Waals surface area contributed by atoms with Gasteiger partial charge in [0, 0.05) is 12.2 Å². The molecule has 0 aliphatic carbocycles. The first-order valence-electron chi connectivity index (χ1n) is 4.58. The van der Waals surface area contributed by atoms with Crippen LogP contribution in [0.2, 0.25) is 0 Å². The van der Waals surface area contributed by atoms with Gasteiger partial charge >= 0.3 is 0 Å². The number of nitrogens with two attached hydrogens (primary N) is 1. The Morgan fingerprint density at radius 3 is 2.80 bits per heavy atom. The molecule has 1 aromatic heterocycles. The van der Waals surface area contributed by atoms with E-state index in [1.165, 1.54) is 5.56 Å². The number of anilines is 2. The molecule has 0 spiro atoms. The lowest BCUT2D eigenvalue weighted by Crippen LogP contribution is -1.98. The molecule has 0 bridgehead atoms. The van der Waals surface area contributed by atoms with Crippen molar-refractivity contribution in [3.63, 3.8) is 0 Å². The van der Waals surface area contributed by atoms with E-state index in [4.69, 9.17) is 5.73 Å². The fourth-order valence-corrected chi connectivity index (χ4v) is 2.58. The summed E-state index contributed by atoms with van der Waals surface area (Å²) in [6, 6.07) is 12.0. The average molecular weight is 283 g/mol. The highest BCUT2D eigenvalue weighted by Gasteiger charge is 1.97. The maximum absolute atomic E-state index is 5.70. The van der Waals surface area contributed by atoms with Gasteiger partial charge in [-0.05, 0) is 45.8 Å². The molecule has 2 rings (SSSR count). The summed E-state index contributed by atoms with van der Waals surface area (Å²) in [7, 11) is 0. The minimum absolute atomic E-state index is 0.804. The van der Waals surface area contributed by atoms with Crippen molar-refractivity contribution < 1.29 is 0 Å². The molecular weight excluding hydrogens is 272 g/mol. The number of hydrogen-bond acceptors (Lipinski definition) is 3. The smallest absolute Gasteiger partial charge is 0.0897 e. The van der Waals surface area contributed by atoms with E-state index < -0.39 is 0 Å². The molecule has 2 nitrogen and oxygen atoms in total. The molecule has 1 heterocycles. The number of benzene rings is 1. The Bertz CT molecular complexity index is 453. The molecule has 3 N–H and O–H groups in total. The van der Waals surface area contributed by atoms with Crippen LogP contribution in [0, 0.1) is 0 Å². The van der Waals surface area contributed by atoms with Gasteiger partial charge in [-0.2, -0.15) is 0 Å². The highest BCUT2D eigenvalue weighted by Crippen LogP contribution is 2.26. The third-order valence-electron chi connectivity index (χ3n) is 1.99. The molecule has 0 fully saturated rings. The van der Waals surface area contributed by atoms with Gasteiger partial charge in [-0.3, -0.25) is 0 Å². The Balaban J connectivity index is 1.99. The lowest BCUT2D eigenvalue weighted by atomic mass is 10.2. The van der Waals surface area contributed by atoms with Crippen LogP contribution in [0.1, 0.15) is 5.56 Å². The highest BCUT2D eigenvalue weighted by atomic mass is 79.9. The first-order valence-corrected chi connectivity index (χ1v) is 6.18. The fourth-order valence-electron chi connectivity index (χ4n) is 1.30. The van der Waals surface area contributed by atoms with Crippen molar-refractivity contribution in [2.24, 2.45) is 0 Å². The van der Waals surface area contributed by atoms with Crippen LogP contribution in [0.3, 0.4) is 0 Å². The number of nitrogens with one attached hydrogen (secondary N) is 1. The van der Waals surface area contributed by atoms with Gasteiger partial charge in [0.05, 0.1) is 8.79 Å². The van der Waals surface area contributed by atoms with Crippen LogP contribution in [0.15, 0.2) is 40.2 Å². The van der Waals surface area contributed by atoms with Crippen molar-refractivity contribution in [2.75, 3.05) is 11.1 Å². The maximum atomic E-state index is 5.70. The summed E-state index contributed by atoms with van der Waals surface area (Å²) in [6.45, 7) is 0.804. The Hall–Kier alpha value is -1.000. The molecule has 2 aromatic rings. The van der Waals surface area contributed by atoms with Crippen molar-refractivity contribution in [1.29, 1.82) is 0 Å². The van der Waals surface area contributed by atoms with Crippen LogP contribution in [-0.2, 0) is 6.54 Å². The number of halogens is 1. The summed E-state index contributed by atoms with van der Waals surface area (Å²) in [5, 5.41) is 4.50. The van der Waals surface area contributed by atoms with Crippen molar-refractivity contribution in [3.05, 3.63) is 45.7 Å². The van der Waals surface area contributed by atoms with Gasteiger partial charge in [0.25, 0.3) is 0 Å². The summed E-state index contributed by atoms with van der Waals surface area (Å²) in [4.78, 5) is 0. The maximum Gasteiger partial charge on any atom is 0.0897 e. The number of hydrogen-bond donors (Lipinski definition) is 2. The van der Waals surface area contributed by atoms with Gasteiger partial charge < -0.3 is 11.1 Å². The predicted octanol–water partition coefficient (Wildman–Crippen LogP) is 3.70. The van der Waals surface area contributed by atoms with E-state index in [1.807, 2.05) is 24.3 Å². The van der Waals surface area contributed by atoms with Crippen LogP contribution >= 0.6 is 27.3 Å². The minimum Gasteiger partial charge on any atom is -0.399 e. The fraction of sp³-hybridized carbons (Fsp3) is 0.0909. The first kappa shape index (κ1) is 10.5. The van der Waals surface area contributed by atoms with E-state index in [-0.39, 0.29) is 0 Å². The molecule has 0 radical (unpaired) electrons. The Morgan fingerprint density at radius 1 is 1.27 bits per heavy atom. The molecule has 78 valence electrons. The van der Waals surface area contributed by atoms with Crippen LogP contribution in [0.5, 0.6) is 0 Å². The van der Waals surface area contributed by atoms with Gasteiger partial charge in [-0.15, -0.1) is 11.3 Å². The predicted molar refractivity (Wildman–Crippen MR) is 70.2 cm³/mol. The quantitative estimate of drug-likeness (QED) is 0.843. The van der Waals surface area contributed by atoms with E-state index in [1.54, 1.807) is 11.3 Å². The third kappa shape index (κ3) is 2.97. The van der Waals surface area contributed by atoms with Crippen LogP contribution < -0.4 is 11.1 Å². The molecule has 0 amide bonds. The lowest BCUT2D eigenvalue weighted by molar-refractivity contribution is 1.16. The van der Waals surface area contributed by atoms with Crippen molar-refractivity contribution >= 4 is 38.0 Å². The SMILES string of the molecule is Nc1cccc(CNc2ccc(Br)s2)c1. The van der Waals surface area contributed by atoms with E-state index in [0.717, 1.165) is 21.0 Å². The monoisotopic (exact) mass is 282 g/mol. The summed E-state index contributed by atoms with van der Waals surface area (Å²) < 4.78 is 1.14. The Labute approximate surface area is 101 Å². The second kappa shape index (κ2) is 4.68. The number of nitrogen functional groups attached to an aromatic ring is 1. The zero-order chi connectivity index (χ0) is 10.7. The van der Waals surface area contributed by atoms with Gasteiger partial charge in [-0.1, -0.05) is 12.1 Å². The van der Waals surface area contributed by atoms with Crippen molar-refractivity contribution in [1.82, 2.24) is 0 Å². The number of rotatable bonds is 3. The van der Waals surface area contributed by atoms with Gasteiger partial charge in [0.1, 0.15) is 0 Å². The van der Waals surface area contributed by atoms with Crippen molar-refractivity contribution in [2.45, 2.75) is 6.54 Å². The standard InChI is InChI=1S/C11H11BrN2S/c12-10-4-5-11(15-10)14-7-8-2-1-3-9(13)6-8/h1-6,14H,7,13H2. The van der Waals surface area contributed by atoms with Crippen LogP contribution in [0.25, 0.3) is 0 Å². The largest absolute Gasteiger partial charge is 0.399 e. The summed E-state index contributed by atoms with van der Waals surface area (Å²) in [6.07, 6.45) is 0. The second-order valence-electron chi connectivity index (χ2n) is 3.20. The molecule has 0 saturated carbocycles. The first-order chi connectivity index (χ1) is 7.24. The lowest BCUT2D eigenvalue weighted by Gasteiger charge is -2.04. The third-order valence-corrected chi connectivity index (χ3v) is 3.57. The van der Waals surface area contributed by atoms with E-state index >= 15 is 0 Å². The molecule has 0 atom stereocenters. The van der Waals surface area contributed by atoms with Crippen LogP contribution in [-0.4, -0.2) is 0 Å². The highest BCUT2D eigenvalue weighted by molar-refractivity contribution is 9.11. The topological polar surface area (TPSA) is 38.0 Å². The van der Waals surface area contributed by atoms with Crippen molar-refractivity contribution in [3.8, 4) is 0 Å². The molecule has 0 aliphatic heterocycles. The normalized spacial score (nSPS) is 10.2. The molecule has 0 unspecified atom stereocenters. The molecular formula is C11H11BrN2S. The zero-order valence-corrected chi connectivity index (χ0v) is 10.4. The van der Waals surface area contributed by atoms with Crippen LogP contribution in [0.4, 0.5) is 10.7 Å². The second-order valence-corrected chi connectivity index (χ2v) is 5.67.